The number of hydrogen-bond donors (Lipinski definition) is 1. The SMILES string of the molecule is C=C1C[C@@H]2CC[C@@]34C[C@H]5O[C@H]6[C@@H](O3)[C@H]3O[C@H](CC[C@@H]3O[C@H]6[C@H]5O4)CC(=O)C[C@@H]3[C@@H](OC)[C@@H](C[C@H](O)CCC(=O)CCOCCOCCOCCOCCN4C(=O)C=CC4=O)O[C@H]3C[C@H]3O[C@@H](CC[C@@H]1O2)C[C@@H](C)C3=C. The van der Waals surface area contributed by atoms with Crippen LogP contribution in [0.4, 0.5) is 0 Å². The molecule has 2 amide bonds. The number of aliphatic hydroxyl groups excluding tert-OH is 1. The molecule has 0 aliphatic carbocycles. The number of rotatable bonds is 21. The van der Waals surface area contributed by atoms with Crippen molar-refractivity contribution < 1.29 is 85.9 Å². The summed E-state index contributed by atoms with van der Waals surface area (Å²) in [5.41, 5.74) is 2.12. The Labute approximate surface area is 440 Å². The fourth-order valence-electron chi connectivity index (χ4n) is 13.5. The third-order valence-electron chi connectivity index (χ3n) is 17.5. The third kappa shape index (κ3) is 13.1. The van der Waals surface area contributed by atoms with Crippen LogP contribution in [0.1, 0.15) is 110 Å². The van der Waals surface area contributed by atoms with Gasteiger partial charge in [-0.25, -0.2) is 0 Å². The van der Waals surface area contributed by atoms with E-state index >= 15 is 0 Å². The predicted molar refractivity (Wildman–Crippen MR) is 265 cm³/mol. The van der Waals surface area contributed by atoms with Gasteiger partial charge in [-0.2, -0.15) is 0 Å². The van der Waals surface area contributed by atoms with Crippen molar-refractivity contribution in [2.24, 2.45) is 11.8 Å². The number of amides is 2. The number of ketones is 2. The quantitative estimate of drug-likeness (QED) is 0.0969. The lowest BCUT2D eigenvalue weighted by atomic mass is 9.81. The molecule has 11 rings (SSSR count). The number of carbonyl (C=O) groups is 4. The third-order valence-corrected chi connectivity index (χ3v) is 17.5. The monoisotopic (exact) mass is 1060 g/mol. The van der Waals surface area contributed by atoms with Gasteiger partial charge in [-0.05, 0) is 68.4 Å². The van der Waals surface area contributed by atoms with Crippen molar-refractivity contribution in [3.05, 3.63) is 36.5 Å². The second kappa shape index (κ2) is 25.1. The van der Waals surface area contributed by atoms with Crippen LogP contribution in [0.2, 0.25) is 0 Å². The van der Waals surface area contributed by atoms with Gasteiger partial charge in [0.25, 0.3) is 11.8 Å². The average molecular weight is 1060 g/mol. The Hall–Kier alpha value is -2.86. The fraction of sp³-hybridized carbons (Fsp3) is 0.821. The molecule has 418 valence electrons. The second-order valence-electron chi connectivity index (χ2n) is 22.6. The van der Waals surface area contributed by atoms with Crippen molar-refractivity contribution in [1.29, 1.82) is 0 Å². The zero-order chi connectivity index (χ0) is 52.2. The number of aliphatic hydroxyl groups is 1. The minimum absolute atomic E-state index is 0.0110. The summed E-state index contributed by atoms with van der Waals surface area (Å²) in [7, 11) is 1.64. The van der Waals surface area contributed by atoms with E-state index in [2.05, 4.69) is 20.1 Å². The molecule has 11 aliphatic rings. The number of imide groups is 1. The first-order valence-electron chi connectivity index (χ1n) is 28.1. The molecule has 0 aromatic heterocycles. The maximum Gasteiger partial charge on any atom is 0.253 e. The topological polar surface area (TPSA) is 212 Å². The minimum atomic E-state index is -0.839. The van der Waals surface area contributed by atoms with Gasteiger partial charge < -0.3 is 66.7 Å². The van der Waals surface area contributed by atoms with E-state index in [1.807, 2.05) is 0 Å². The lowest BCUT2D eigenvalue weighted by Gasteiger charge is -2.47. The predicted octanol–water partition coefficient (Wildman–Crippen LogP) is 4.21. The van der Waals surface area contributed by atoms with Crippen molar-refractivity contribution >= 4 is 23.4 Å². The highest BCUT2D eigenvalue weighted by molar-refractivity contribution is 6.12. The number of methoxy groups -OCH3 is 1. The van der Waals surface area contributed by atoms with Crippen LogP contribution in [-0.2, 0) is 80.8 Å². The Balaban J connectivity index is 0.703. The number of carbonyl (C=O) groups excluding carboxylic acids is 4. The molecule has 1 spiro atoms. The molecule has 0 unspecified atom stereocenters. The van der Waals surface area contributed by atoms with E-state index in [1.54, 1.807) is 7.11 Å². The van der Waals surface area contributed by atoms with E-state index in [4.69, 9.17) is 61.6 Å². The van der Waals surface area contributed by atoms with Gasteiger partial charge in [0, 0.05) is 76.5 Å². The molecule has 10 saturated heterocycles. The molecule has 75 heavy (non-hydrogen) atoms. The van der Waals surface area contributed by atoms with Crippen LogP contribution in [0.3, 0.4) is 0 Å². The van der Waals surface area contributed by atoms with Gasteiger partial charge in [0.2, 0.25) is 0 Å². The minimum Gasteiger partial charge on any atom is -0.393 e. The van der Waals surface area contributed by atoms with Gasteiger partial charge >= 0.3 is 0 Å². The summed E-state index contributed by atoms with van der Waals surface area (Å²) in [4.78, 5) is 51.6. The second-order valence-corrected chi connectivity index (χ2v) is 22.6. The molecule has 11 heterocycles. The van der Waals surface area contributed by atoms with E-state index in [0.717, 1.165) is 54.6 Å². The number of nitrogens with zero attached hydrogens (tertiary/aromatic N) is 1. The molecular formula is C56H81NO18. The zero-order valence-corrected chi connectivity index (χ0v) is 44.0. The van der Waals surface area contributed by atoms with E-state index in [0.29, 0.717) is 65.3 Å². The largest absolute Gasteiger partial charge is 0.393 e. The Bertz CT molecular complexity index is 2050. The van der Waals surface area contributed by atoms with Crippen molar-refractivity contribution in [1.82, 2.24) is 4.90 Å². The molecule has 11 aliphatic heterocycles. The summed E-state index contributed by atoms with van der Waals surface area (Å²) < 4.78 is 82.8. The lowest BCUT2D eigenvalue weighted by molar-refractivity contribution is -0.292. The zero-order valence-electron chi connectivity index (χ0n) is 44.0. The molecule has 12 bridgehead atoms. The van der Waals surface area contributed by atoms with Crippen LogP contribution < -0.4 is 0 Å². The summed E-state index contributed by atoms with van der Waals surface area (Å²) >= 11 is 0. The highest BCUT2D eigenvalue weighted by Crippen LogP contribution is 2.54. The van der Waals surface area contributed by atoms with Gasteiger partial charge in [-0.15, -0.1) is 0 Å². The van der Waals surface area contributed by atoms with Crippen molar-refractivity contribution in [3.8, 4) is 0 Å². The standard InChI is InChI=1S/C56H81NO18/c1-32-25-38-7-9-42-33(2)26-40(68-42)13-15-56-31-47-52(74-56)53-54(73-47)55(75-56)51-43(72-53)10-8-39(70-51)27-37(60)28-41-45(30-44(69-38)34(32)3)71-46(50(41)63-4)29-36(59)6-5-35(58)14-17-64-19-21-66-23-24-67-22-20-65-18-16-57-48(61)11-12-49(57)62/h11-12,32,36,38-47,50-55,59H,2-3,5-10,13-31H2,1,4H3/t32-,36-,38+,39-,40+,41+,42+,43+,44-,45+,46-,47-,50-,51+,52+,53+,54-,55+,56+/m1/s1. The first-order chi connectivity index (χ1) is 36.3. The molecule has 0 aromatic rings. The van der Waals surface area contributed by atoms with Crippen LogP contribution in [0, 0.1) is 11.8 Å². The Kier molecular flexibility index (Phi) is 18.5. The van der Waals surface area contributed by atoms with Crippen LogP contribution in [0.15, 0.2) is 36.5 Å². The summed E-state index contributed by atoms with van der Waals surface area (Å²) in [5, 5.41) is 11.4. The maximum atomic E-state index is 14.4. The maximum absolute atomic E-state index is 14.4. The molecular weight excluding hydrogens is 975 g/mol. The first kappa shape index (κ1) is 55.5. The summed E-state index contributed by atoms with van der Waals surface area (Å²) in [5.74, 6) is -1.55. The highest BCUT2D eigenvalue weighted by Gasteiger charge is 2.69. The van der Waals surface area contributed by atoms with Gasteiger partial charge in [-0.3, -0.25) is 24.1 Å². The Morgan fingerprint density at radius 3 is 2.12 bits per heavy atom. The molecule has 19 heteroatoms. The summed E-state index contributed by atoms with van der Waals surface area (Å²) in [6.07, 6.45) is 6.32. The molecule has 0 saturated carbocycles. The normalized spacial score (nSPS) is 40.9. The summed E-state index contributed by atoms with van der Waals surface area (Å²) in [6.45, 7) is 13.9. The molecule has 0 aromatic carbocycles. The first-order valence-corrected chi connectivity index (χ1v) is 28.1. The number of ether oxygens (including phenoxy) is 13. The van der Waals surface area contributed by atoms with Crippen molar-refractivity contribution in [3.63, 3.8) is 0 Å². The van der Waals surface area contributed by atoms with Gasteiger partial charge in [0.1, 0.15) is 42.1 Å². The Morgan fingerprint density at radius 1 is 0.693 bits per heavy atom. The van der Waals surface area contributed by atoms with Gasteiger partial charge in [0.15, 0.2) is 5.79 Å². The van der Waals surface area contributed by atoms with Crippen LogP contribution in [0.25, 0.3) is 0 Å². The van der Waals surface area contributed by atoms with Gasteiger partial charge in [-0.1, -0.05) is 20.1 Å². The van der Waals surface area contributed by atoms with Crippen molar-refractivity contribution in [2.45, 2.75) is 213 Å². The van der Waals surface area contributed by atoms with Crippen LogP contribution >= 0.6 is 0 Å². The van der Waals surface area contributed by atoms with Crippen LogP contribution in [0.5, 0.6) is 0 Å². The van der Waals surface area contributed by atoms with E-state index < -0.39 is 36.3 Å². The average Bonchev–Trinajstić information content (AvgIpc) is 4.15. The Morgan fingerprint density at radius 2 is 1.36 bits per heavy atom. The fourth-order valence-corrected chi connectivity index (χ4v) is 13.5. The smallest absolute Gasteiger partial charge is 0.253 e. The van der Waals surface area contributed by atoms with Crippen molar-refractivity contribution in [2.75, 3.05) is 66.5 Å². The molecule has 19 atom stereocenters. The van der Waals surface area contributed by atoms with E-state index in [-0.39, 0.29) is 161 Å². The number of Topliss-reactive ketones (excluding diaryl/α,β-unsaturated/α-hetero) is 2. The van der Waals surface area contributed by atoms with E-state index in [9.17, 15) is 24.3 Å². The summed E-state index contributed by atoms with van der Waals surface area (Å²) in [6, 6.07) is 0. The van der Waals surface area contributed by atoms with Crippen LogP contribution in [-0.4, -0.2) is 203 Å². The number of hydrogen-bond acceptors (Lipinski definition) is 18. The number of fused-ring (bicyclic) bond motifs is 6. The van der Waals surface area contributed by atoms with E-state index in [1.165, 1.54) is 12.2 Å². The molecule has 10 fully saturated rings. The molecule has 19 nitrogen and oxygen atoms in total. The molecule has 0 radical (unpaired) electrons. The highest BCUT2D eigenvalue weighted by atomic mass is 16.8. The lowest BCUT2D eigenvalue weighted by Crippen LogP contribution is -2.61. The molecule has 1 N–H and O–H groups in total. The van der Waals surface area contributed by atoms with Gasteiger partial charge in [0.05, 0.1) is 127 Å².